The number of rotatable bonds is 6. The summed E-state index contributed by atoms with van der Waals surface area (Å²) in [5, 5.41) is 6.85. The minimum atomic E-state index is -0.457. The maximum Gasteiger partial charge on any atom is 0.266 e. The van der Waals surface area contributed by atoms with Gasteiger partial charge in [-0.1, -0.05) is 0 Å². The second-order valence-electron chi connectivity index (χ2n) is 6.84. The van der Waals surface area contributed by atoms with Gasteiger partial charge >= 0.3 is 0 Å². The molecule has 8 heteroatoms. The number of benzene rings is 2. The number of imide groups is 1. The van der Waals surface area contributed by atoms with Gasteiger partial charge in [0.2, 0.25) is 0 Å². The van der Waals surface area contributed by atoms with Crippen LogP contribution in [0.2, 0.25) is 0 Å². The Balaban J connectivity index is 1.53. The number of carbonyl (C=O) groups is 3. The molecule has 4 rings (SSSR count). The molecule has 1 aliphatic rings. The van der Waals surface area contributed by atoms with E-state index in [1.807, 2.05) is 6.92 Å². The van der Waals surface area contributed by atoms with Crippen LogP contribution in [0.1, 0.15) is 43.6 Å². The van der Waals surface area contributed by atoms with Crippen molar-refractivity contribution in [2.24, 2.45) is 7.05 Å². The van der Waals surface area contributed by atoms with Crippen molar-refractivity contribution in [3.05, 3.63) is 77.1 Å². The topological polar surface area (TPSA) is 93.5 Å². The molecular formula is C22H20N4O4. The zero-order valence-electron chi connectivity index (χ0n) is 16.6. The van der Waals surface area contributed by atoms with E-state index in [9.17, 15) is 14.4 Å². The molecule has 2 aromatic carbocycles. The van der Waals surface area contributed by atoms with Crippen molar-refractivity contribution in [1.82, 2.24) is 15.1 Å². The fourth-order valence-corrected chi connectivity index (χ4v) is 3.32. The van der Waals surface area contributed by atoms with Crippen molar-refractivity contribution in [2.45, 2.75) is 13.5 Å². The van der Waals surface area contributed by atoms with Gasteiger partial charge in [-0.25, -0.2) is 4.90 Å². The Morgan fingerprint density at radius 2 is 1.80 bits per heavy atom. The van der Waals surface area contributed by atoms with E-state index in [2.05, 4.69) is 10.4 Å². The van der Waals surface area contributed by atoms with E-state index in [4.69, 9.17) is 4.74 Å². The third-order valence-electron chi connectivity index (χ3n) is 4.77. The minimum Gasteiger partial charge on any atom is -0.494 e. The van der Waals surface area contributed by atoms with Gasteiger partial charge in [-0.05, 0) is 49.4 Å². The molecule has 152 valence electrons. The zero-order chi connectivity index (χ0) is 21.3. The van der Waals surface area contributed by atoms with Crippen LogP contribution in [0, 0.1) is 0 Å². The largest absolute Gasteiger partial charge is 0.494 e. The Labute approximate surface area is 173 Å². The highest BCUT2D eigenvalue weighted by Crippen LogP contribution is 2.30. The fourth-order valence-electron chi connectivity index (χ4n) is 3.32. The Morgan fingerprint density at radius 3 is 2.47 bits per heavy atom. The third kappa shape index (κ3) is 3.55. The smallest absolute Gasteiger partial charge is 0.266 e. The molecule has 0 aliphatic carbocycles. The van der Waals surface area contributed by atoms with E-state index in [1.165, 1.54) is 12.1 Å². The number of fused-ring (bicyclic) bond motifs is 1. The predicted octanol–water partition coefficient (Wildman–Crippen LogP) is 2.55. The molecule has 2 heterocycles. The standard InChI is InChI=1S/C22H20N4O4/c1-3-30-17-7-5-16(6-8-17)26-21(28)18-9-4-15(10-19(18)22(26)29)20(27)23-11-14-12-24-25(2)13-14/h4-10,12-13H,3,11H2,1-2H3,(H,23,27). The molecule has 3 amide bonds. The van der Waals surface area contributed by atoms with Crippen LogP contribution in [0.4, 0.5) is 5.69 Å². The van der Waals surface area contributed by atoms with E-state index < -0.39 is 11.8 Å². The molecule has 0 radical (unpaired) electrons. The third-order valence-corrected chi connectivity index (χ3v) is 4.77. The lowest BCUT2D eigenvalue weighted by molar-refractivity contribution is 0.0923. The lowest BCUT2D eigenvalue weighted by Gasteiger charge is -2.14. The number of aromatic nitrogens is 2. The van der Waals surface area contributed by atoms with Gasteiger partial charge in [0.1, 0.15) is 5.75 Å². The Bertz CT molecular complexity index is 1130. The van der Waals surface area contributed by atoms with Crippen molar-refractivity contribution in [2.75, 3.05) is 11.5 Å². The summed E-state index contributed by atoms with van der Waals surface area (Å²) < 4.78 is 7.05. The number of nitrogens with one attached hydrogen (secondary N) is 1. The highest BCUT2D eigenvalue weighted by Gasteiger charge is 2.37. The molecule has 0 saturated heterocycles. The lowest BCUT2D eigenvalue weighted by atomic mass is 10.1. The number of carbonyl (C=O) groups excluding carboxylic acids is 3. The first-order valence-corrected chi connectivity index (χ1v) is 9.49. The second kappa shape index (κ2) is 7.82. The van der Waals surface area contributed by atoms with E-state index in [0.717, 1.165) is 10.5 Å². The fraction of sp³-hybridized carbons (Fsp3) is 0.182. The first-order valence-electron chi connectivity index (χ1n) is 9.49. The molecule has 1 aliphatic heterocycles. The lowest BCUT2D eigenvalue weighted by Crippen LogP contribution is -2.29. The maximum atomic E-state index is 12.9. The SMILES string of the molecule is CCOc1ccc(N2C(=O)c3ccc(C(=O)NCc4cnn(C)c4)cc3C2=O)cc1. The number of hydrogen-bond acceptors (Lipinski definition) is 5. The zero-order valence-corrected chi connectivity index (χ0v) is 16.6. The highest BCUT2D eigenvalue weighted by atomic mass is 16.5. The molecule has 0 saturated carbocycles. The van der Waals surface area contributed by atoms with Gasteiger partial charge < -0.3 is 10.1 Å². The summed E-state index contributed by atoms with van der Waals surface area (Å²) in [6, 6.07) is 11.3. The number of amides is 3. The summed E-state index contributed by atoms with van der Waals surface area (Å²) >= 11 is 0. The molecular weight excluding hydrogens is 384 g/mol. The van der Waals surface area contributed by atoms with Crippen LogP contribution in [0.3, 0.4) is 0 Å². The summed E-state index contributed by atoms with van der Waals surface area (Å²) in [5.74, 6) is -0.547. The van der Waals surface area contributed by atoms with E-state index in [-0.39, 0.29) is 17.0 Å². The van der Waals surface area contributed by atoms with Crippen molar-refractivity contribution >= 4 is 23.4 Å². The Morgan fingerprint density at radius 1 is 1.07 bits per heavy atom. The molecule has 30 heavy (non-hydrogen) atoms. The van der Waals surface area contributed by atoms with Crippen molar-refractivity contribution in [3.8, 4) is 5.75 Å². The Kier molecular flexibility index (Phi) is 5.05. The Hall–Kier alpha value is -3.94. The van der Waals surface area contributed by atoms with Crippen LogP contribution in [-0.4, -0.2) is 34.1 Å². The molecule has 1 aromatic heterocycles. The highest BCUT2D eigenvalue weighted by molar-refractivity contribution is 6.34. The second-order valence-corrected chi connectivity index (χ2v) is 6.84. The first kappa shape index (κ1) is 19.4. The summed E-state index contributed by atoms with van der Waals surface area (Å²) in [6.45, 7) is 2.72. The summed E-state index contributed by atoms with van der Waals surface area (Å²) in [4.78, 5) is 39.3. The van der Waals surface area contributed by atoms with Gasteiger partial charge in [-0.2, -0.15) is 5.10 Å². The van der Waals surface area contributed by atoms with E-state index in [0.29, 0.717) is 30.2 Å². The number of ether oxygens (including phenoxy) is 1. The van der Waals surface area contributed by atoms with Crippen molar-refractivity contribution < 1.29 is 19.1 Å². The average molecular weight is 404 g/mol. The molecule has 0 spiro atoms. The van der Waals surface area contributed by atoms with Gasteiger partial charge in [0.15, 0.2) is 0 Å². The molecule has 0 bridgehead atoms. The van der Waals surface area contributed by atoms with E-state index >= 15 is 0 Å². The van der Waals surface area contributed by atoms with Crippen LogP contribution in [0.25, 0.3) is 0 Å². The average Bonchev–Trinajstić information content (AvgIpc) is 3.28. The van der Waals surface area contributed by atoms with Gasteiger partial charge in [0.05, 0.1) is 29.6 Å². The normalized spacial score (nSPS) is 12.8. The summed E-state index contributed by atoms with van der Waals surface area (Å²) in [7, 11) is 1.80. The molecule has 0 atom stereocenters. The maximum absolute atomic E-state index is 12.9. The minimum absolute atomic E-state index is 0.211. The quantitative estimate of drug-likeness (QED) is 0.638. The van der Waals surface area contributed by atoms with Gasteiger partial charge in [0.25, 0.3) is 17.7 Å². The van der Waals surface area contributed by atoms with Crippen LogP contribution in [0.15, 0.2) is 54.9 Å². The molecule has 8 nitrogen and oxygen atoms in total. The van der Waals surface area contributed by atoms with Crippen LogP contribution < -0.4 is 15.0 Å². The molecule has 0 unspecified atom stereocenters. The summed E-state index contributed by atoms with van der Waals surface area (Å²) in [6.07, 6.45) is 3.47. The van der Waals surface area contributed by atoms with Gasteiger partial charge in [0, 0.05) is 30.9 Å². The molecule has 1 N–H and O–H groups in total. The first-order chi connectivity index (χ1) is 14.5. The summed E-state index contributed by atoms with van der Waals surface area (Å²) in [5.41, 5.74) is 2.11. The monoisotopic (exact) mass is 404 g/mol. The number of anilines is 1. The van der Waals surface area contributed by atoms with Crippen LogP contribution in [0.5, 0.6) is 5.75 Å². The number of hydrogen-bond donors (Lipinski definition) is 1. The van der Waals surface area contributed by atoms with Crippen LogP contribution >= 0.6 is 0 Å². The van der Waals surface area contributed by atoms with Crippen molar-refractivity contribution in [1.29, 1.82) is 0 Å². The van der Waals surface area contributed by atoms with Crippen molar-refractivity contribution in [3.63, 3.8) is 0 Å². The number of aryl methyl sites for hydroxylation is 1. The van der Waals surface area contributed by atoms with Crippen LogP contribution in [-0.2, 0) is 13.6 Å². The van der Waals surface area contributed by atoms with E-state index in [1.54, 1.807) is 54.5 Å². The van der Waals surface area contributed by atoms with Gasteiger partial charge in [-0.3, -0.25) is 19.1 Å². The van der Waals surface area contributed by atoms with Gasteiger partial charge in [-0.15, -0.1) is 0 Å². The molecule has 0 fully saturated rings. The number of nitrogens with zero attached hydrogens (tertiary/aromatic N) is 3. The molecule has 3 aromatic rings. The predicted molar refractivity (Wildman–Crippen MR) is 110 cm³/mol.